The molecule has 0 saturated heterocycles. The van der Waals surface area contributed by atoms with E-state index in [1.54, 1.807) is 0 Å². The number of hydrogen-bond donors (Lipinski definition) is 0. The first-order valence-electron chi connectivity index (χ1n) is 19.2. The quantitative estimate of drug-likeness (QED) is 0.141. The Labute approximate surface area is 311 Å². The number of nitrogens with zero attached hydrogens (tertiary/aromatic N) is 1. The van der Waals surface area contributed by atoms with Crippen molar-refractivity contribution in [3.8, 4) is 22.3 Å². The lowest BCUT2D eigenvalue weighted by Gasteiger charge is -2.35. The lowest BCUT2D eigenvalue weighted by atomic mass is 9.73. The summed E-state index contributed by atoms with van der Waals surface area (Å²) in [5.41, 5.74) is 18.8. The SMILES string of the molecule is CCC1(CC)c2cc(/C=C/c3ccc(-c4ccc(C5=CC=CCC5)c(C)c4C)cc3)ccc2-c2ccc(N(c3ccccc3)C3C=CC=CC3)cc21. The normalized spacial score (nSPS) is 16.9. The minimum atomic E-state index is -0.0212. The summed E-state index contributed by atoms with van der Waals surface area (Å²) in [5, 5.41) is 0. The summed E-state index contributed by atoms with van der Waals surface area (Å²) in [7, 11) is 0. The van der Waals surface area contributed by atoms with Gasteiger partial charge in [0.1, 0.15) is 0 Å². The average Bonchev–Trinajstić information content (AvgIpc) is 3.48. The van der Waals surface area contributed by atoms with E-state index in [1.807, 2.05) is 0 Å². The van der Waals surface area contributed by atoms with Gasteiger partial charge in [-0.3, -0.25) is 0 Å². The third kappa shape index (κ3) is 6.03. The van der Waals surface area contributed by atoms with Crippen molar-refractivity contribution in [1.29, 1.82) is 0 Å². The highest BCUT2D eigenvalue weighted by Crippen LogP contribution is 2.54. The standard InChI is InChI=1S/C51H49N/c1-5-51(6-2)49-34-39(23-22-38-24-27-41(28-25-38)46-33-32-45(36(3)37(46)4)40-16-10-7-11-17-40)26-30-47(49)48-31-29-44(35-50(48)51)52(42-18-12-8-13-19-42)43-20-14-9-15-21-43/h7-10,12-16,18-20,22-35,43H,5-6,11,17,21H2,1-4H3/b23-22+. The van der Waals surface area contributed by atoms with Crippen LogP contribution in [0.5, 0.6) is 0 Å². The van der Waals surface area contributed by atoms with Crippen LogP contribution in [0.1, 0.15) is 84.9 Å². The van der Waals surface area contributed by atoms with Crippen LogP contribution < -0.4 is 4.90 Å². The molecule has 0 fully saturated rings. The molecule has 0 bridgehead atoms. The van der Waals surface area contributed by atoms with Gasteiger partial charge in [-0.25, -0.2) is 0 Å². The average molecular weight is 676 g/mol. The molecule has 5 aromatic carbocycles. The number of benzene rings is 5. The molecule has 52 heavy (non-hydrogen) atoms. The Bertz CT molecular complexity index is 2250. The molecular weight excluding hydrogens is 627 g/mol. The Balaban J connectivity index is 1.07. The fraction of sp³-hybridized carbons (Fsp3) is 0.216. The van der Waals surface area contributed by atoms with Crippen LogP contribution in [0.25, 0.3) is 40.0 Å². The van der Waals surface area contributed by atoms with Crippen LogP contribution in [0.15, 0.2) is 146 Å². The van der Waals surface area contributed by atoms with Gasteiger partial charge in [0.25, 0.3) is 0 Å². The lowest BCUT2D eigenvalue weighted by Crippen LogP contribution is -2.30. The molecule has 0 aromatic heterocycles. The van der Waals surface area contributed by atoms with Crippen molar-refractivity contribution in [3.05, 3.63) is 185 Å². The molecule has 0 heterocycles. The monoisotopic (exact) mass is 675 g/mol. The second kappa shape index (κ2) is 14.3. The van der Waals surface area contributed by atoms with Crippen molar-refractivity contribution < 1.29 is 0 Å². The van der Waals surface area contributed by atoms with E-state index in [4.69, 9.17) is 0 Å². The maximum absolute atomic E-state index is 2.52. The zero-order chi connectivity index (χ0) is 35.7. The molecule has 8 rings (SSSR count). The van der Waals surface area contributed by atoms with Gasteiger partial charge in [-0.05, 0) is 137 Å². The Morgan fingerprint density at radius 3 is 2.02 bits per heavy atom. The van der Waals surface area contributed by atoms with Crippen LogP contribution in [0, 0.1) is 13.8 Å². The van der Waals surface area contributed by atoms with Gasteiger partial charge in [0.2, 0.25) is 0 Å². The van der Waals surface area contributed by atoms with Crippen LogP contribution in [0.2, 0.25) is 0 Å². The van der Waals surface area contributed by atoms with E-state index in [1.165, 1.54) is 78.1 Å². The summed E-state index contributed by atoms with van der Waals surface area (Å²) >= 11 is 0. The summed E-state index contributed by atoms with van der Waals surface area (Å²) in [4.78, 5) is 2.52. The Hall–Kier alpha value is -5.40. The first-order valence-corrected chi connectivity index (χ1v) is 19.2. The van der Waals surface area contributed by atoms with Gasteiger partial charge in [-0.1, -0.05) is 147 Å². The molecule has 0 saturated carbocycles. The first kappa shape index (κ1) is 33.7. The maximum atomic E-state index is 2.52. The van der Waals surface area contributed by atoms with E-state index < -0.39 is 0 Å². The molecular formula is C51H49N. The van der Waals surface area contributed by atoms with Gasteiger partial charge in [0, 0.05) is 16.8 Å². The molecule has 0 amide bonds. The van der Waals surface area contributed by atoms with E-state index in [0.717, 1.165) is 32.1 Å². The summed E-state index contributed by atoms with van der Waals surface area (Å²) in [6, 6.07) is 39.2. The molecule has 0 N–H and O–H groups in total. The van der Waals surface area contributed by atoms with E-state index >= 15 is 0 Å². The van der Waals surface area contributed by atoms with Crippen LogP contribution in [-0.2, 0) is 5.41 Å². The van der Waals surface area contributed by atoms with E-state index in [0.29, 0.717) is 0 Å². The molecule has 5 aromatic rings. The molecule has 0 radical (unpaired) electrons. The van der Waals surface area contributed by atoms with Gasteiger partial charge in [0.15, 0.2) is 0 Å². The summed E-state index contributed by atoms with van der Waals surface area (Å²) in [6.07, 6.45) is 25.6. The van der Waals surface area contributed by atoms with Crippen molar-refractivity contribution in [2.45, 2.75) is 71.3 Å². The van der Waals surface area contributed by atoms with Crippen LogP contribution >= 0.6 is 0 Å². The molecule has 1 nitrogen and oxygen atoms in total. The van der Waals surface area contributed by atoms with Gasteiger partial charge < -0.3 is 4.90 Å². The second-order valence-corrected chi connectivity index (χ2v) is 14.7. The molecule has 3 aliphatic rings. The molecule has 1 atom stereocenters. The smallest absolute Gasteiger partial charge is 0.0559 e. The summed E-state index contributed by atoms with van der Waals surface area (Å²) < 4.78 is 0. The van der Waals surface area contributed by atoms with Gasteiger partial charge in [-0.15, -0.1) is 0 Å². The lowest BCUT2D eigenvalue weighted by molar-refractivity contribution is 0.490. The summed E-state index contributed by atoms with van der Waals surface area (Å²) in [6.45, 7) is 9.27. The maximum Gasteiger partial charge on any atom is 0.0559 e. The van der Waals surface area contributed by atoms with Crippen LogP contribution in [0.4, 0.5) is 11.4 Å². The van der Waals surface area contributed by atoms with Gasteiger partial charge >= 0.3 is 0 Å². The first-order chi connectivity index (χ1) is 25.5. The van der Waals surface area contributed by atoms with Crippen molar-refractivity contribution in [2.75, 3.05) is 4.90 Å². The number of para-hydroxylation sites is 1. The number of fused-ring (bicyclic) bond motifs is 3. The molecule has 258 valence electrons. The van der Waals surface area contributed by atoms with Crippen molar-refractivity contribution in [1.82, 2.24) is 0 Å². The number of rotatable bonds is 9. The predicted octanol–water partition coefficient (Wildman–Crippen LogP) is 14.0. The fourth-order valence-corrected chi connectivity index (χ4v) is 8.92. The largest absolute Gasteiger partial charge is 0.334 e. The number of anilines is 2. The van der Waals surface area contributed by atoms with E-state index in [-0.39, 0.29) is 11.5 Å². The summed E-state index contributed by atoms with van der Waals surface area (Å²) in [5.74, 6) is 0. The number of hydrogen-bond acceptors (Lipinski definition) is 1. The Morgan fingerprint density at radius 2 is 1.31 bits per heavy atom. The second-order valence-electron chi connectivity index (χ2n) is 14.7. The molecule has 0 aliphatic heterocycles. The van der Waals surface area contributed by atoms with Gasteiger partial charge in [0.05, 0.1) is 6.04 Å². The van der Waals surface area contributed by atoms with Crippen LogP contribution in [-0.4, -0.2) is 6.04 Å². The van der Waals surface area contributed by atoms with Crippen molar-refractivity contribution >= 4 is 29.1 Å². The zero-order valence-electron chi connectivity index (χ0n) is 31.1. The highest BCUT2D eigenvalue weighted by Gasteiger charge is 2.41. The molecule has 0 spiro atoms. The topological polar surface area (TPSA) is 3.24 Å². The Morgan fingerprint density at radius 1 is 0.635 bits per heavy atom. The van der Waals surface area contributed by atoms with Gasteiger partial charge in [-0.2, -0.15) is 0 Å². The van der Waals surface area contributed by atoms with E-state index in [2.05, 4.69) is 190 Å². The zero-order valence-corrected chi connectivity index (χ0v) is 31.1. The van der Waals surface area contributed by atoms with Crippen LogP contribution in [0.3, 0.4) is 0 Å². The molecule has 1 heteroatoms. The number of allylic oxidation sites excluding steroid dienone is 6. The van der Waals surface area contributed by atoms with E-state index in [9.17, 15) is 0 Å². The van der Waals surface area contributed by atoms with Crippen molar-refractivity contribution in [3.63, 3.8) is 0 Å². The molecule has 1 unspecified atom stereocenters. The third-order valence-electron chi connectivity index (χ3n) is 12.0. The minimum Gasteiger partial charge on any atom is -0.334 e. The highest BCUT2D eigenvalue weighted by molar-refractivity contribution is 5.86. The fourth-order valence-electron chi connectivity index (χ4n) is 8.92. The predicted molar refractivity (Wildman–Crippen MR) is 225 cm³/mol. The molecule has 3 aliphatic carbocycles. The minimum absolute atomic E-state index is 0.0212. The third-order valence-corrected chi connectivity index (χ3v) is 12.0. The highest BCUT2D eigenvalue weighted by atomic mass is 15.2. The van der Waals surface area contributed by atoms with Crippen molar-refractivity contribution in [2.24, 2.45) is 0 Å². The Kier molecular flexibility index (Phi) is 9.29.